The summed E-state index contributed by atoms with van der Waals surface area (Å²) in [7, 11) is -2.99. The molecule has 4 nitrogen and oxygen atoms in total. The number of ether oxygens (including phenoxy) is 2. The Morgan fingerprint density at radius 1 is 1.29 bits per heavy atom. The normalized spacial score (nSPS) is 14.4. The zero-order chi connectivity index (χ0) is 10.2. The first-order valence-electron chi connectivity index (χ1n) is 4.11. The van der Waals surface area contributed by atoms with Crippen molar-refractivity contribution in [1.82, 2.24) is 0 Å². The highest BCUT2D eigenvalue weighted by molar-refractivity contribution is 7.89. The maximum Gasteiger partial charge on any atom is 0.231 e. The van der Waals surface area contributed by atoms with Gasteiger partial charge in [0, 0.05) is 6.26 Å². The van der Waals surface area contributed by atoms with Crippen molar-refractivity contribution < 1.29 is 17.9 Å². The van der Waals surface area contributed by atoms with Crippen LogP contribution >= 0.6 is 0 Å². The number of benzene rings is 1. The van der Waals surface area contributed by atoms with Crippen molar-refractivity contribution in [1.29, 1.82) is 0 Å². The molecule has 0 atom stereocenters. The molecule has 5 heteroatoms. The van der Waals surface area contributed by atoms with Gasteiger partial charge in [0.15, 0.2) is 21.3 Å². The molecule has 1 aromatic rings. The van der Waals surface area contributed by atoms with E-state index in [1.54, 1.807) is 18.2 Å². The molecule has 0 bridgehead atoms. The van der Waals surface area contributed by atoms with Crippen molar-refractivity contribution in [2.45, 2.75) is 5.75 Å². The molecule has 0 fully saturated rings. The fraction of sp³-hybridized carbons (Fsp3) is 0.333. The minimum Gasteiger partial charge on any atom is -0.454 e. The molecular formula is C9H10O4S. The quantitative estimate of drug-likeness (QED) is 0.735. The predicted molar refractivity (Wildman–Crippen MR) is 51.1 cm³/mol. The summed E-state index contributed by atoms with van der Waals surface area (Å²) >= 11 is 0. The van der Waals surface area contributed by atoms with E-state index < -0.39 is 9.84 Å². The van der Waals surface area contributed by atoms with E-state index in [0.717, 1.165) is 5.56 Å². The first kappa shape index (κ1) is 9.33. The topological polar surface area (TPSA) is 52.6 Å². The molecule has 0 aromatic heterocycles. The Bertz CT molecular complexity index is 450. The first-order chi connectivity index (χ1) is 6.54. The standard InChI is InChI=1S/C9H10O4S/c1-14(10,11)5-7-2-3-8-9(4-7)13-6-12-8/h2-4H,5-6H2,1H3. The number of rotatable bonds is 2. The van der Waals surface area contributed by atoms with Crippen molar-refractivity contribution in [3.8, 4) is 11.5 Å². The lowest BCUT2D eigenvalue weighted by atomic mass is 10.2. The second kappa shape index (κ2) is 3.16. The van der Waals surface area contributed by atoms with Gasteiger partial charge < -0.3 is 9.47 Å². The zero-order valence-corrected chi connectivity index (χ0v) is 8.50. The Morgan fingerprint density at radius 3 is 2.71 bits per heavy atom. The Morgan fingerprint density at radius 2 is 2.00 bits per heavy atom. The summed E-state index contributed by atoms with van der Waals surface area (Å²) < 4.78 is 32.3. The van der Waals surface area contributed by atoms with Crippen LogP contribution in [0.4, 0.5) is 0 Å². The Hall–Kier alpha value is -1.23. The fourth-order valence-corrected chi connectivity index (χ4v) is 2.12. The van der Waals surface area contributed by atoms with E-state index in [1.165, 1.54) is 6.26 Å². The largest absolute Gasteiger partial charge is 0.454 e. The summed E-state index contributed by atoms with van der Waals surface area (Å²) in [6, 6.07) is 5.15. The van der Waals surface area contributed by atoms with Crippen LogP contribution in [0.2, 0.25) is 0 Å². The smallest absolute Gasteiger partial charge is 0.231 e. The molecule has 14 heavy (non-hydrogen) atoms. The van der Waals surface area contributed by atoms with Gasteiger partial charge in [0.25, 0.3) is 0 Å². The van der Waals surface area contributed by atoms with E-state index in [-0.39, 0.29) is 12.5 Å². The van der Waals surface area contributed by atoms with Crippen LogP contribution < -0.4 is 9.47 Å². The highest BCUT2D eigenvalue weighted by atomic mass is 32.2. The summed E-state index contributed by atoms with van der Waals surface area (Å²) in [4.78, 5) is 0. The van der Waals surface area contributed by atoms with E-state index >= 15 is 0 Å². The molecule has 0 saturated carbocycles. The summed E-state index contributed by atoms with van der Waals surface area (Å²) in [5.74, 6) is 1.32. The predicted octanol–water partition coefficient (Wildman–Crippen LogP) is 0.960. The van der Waals surface area contributed by atoms with Gasteiger partial charge in [0.2, 0.25) is 6.79 Å². The molecule has 1 heterocycles. The lowest BCUT2D eigenvalue weighted by molar-refractivity contribution is 0.174. The monoisotopic (exact) mass is 214 g/mol. The van der Waals surface area contributed by atoms with Gasteiger partial charge in [-0.15, -0.1) is 0 Å². The maximum absolute atomic E-state index is 11.0. The van der Waals surface area contributed by atoms with Gasteiger partial charge in [0.1, 0.15) is 0 Å². The van der Waals surface area contributed by atoms with Crippen LogP contribution in [0.1, 0.15) is 5.56 Å². The molecule has 1 aliphatic rings. The molecule has 1 aromatic carbocycles. The third-order valence-corrected chi connectivity index (χ3v) is 2.72. The maximum atomic E-state index is 11.0. The van der Waals surface area contributed by atoms with Crippen LogP contribution in [-0.4, -0.2) is 21.5 Å². The van der Waals surface area contributed by atoms with Gasteiger partial charge in [-0.05, 0) is 17.7 Å². The first-order valence-corrected chi connectivity index (χ1v) is 6.17. The van der Waals surface area contributed by atoms with Gasteiger partial charge in [0.05, 0.1) is 5.75 Å². The molecule has 0 N–H and O–H groups in total. The second-order valence-electron chi connectivity index (χ2n) is 3.26. The van der Waals surface area contributed by atoms with E-state index in [4.69, 9.17) is 9.47 Å². The van der Waals surface area contributed by atoms with Crippen molar-refractivity contribution in [2.24, 2.45) is 0 Å². The van der Waals surface area contributed by atoms with Crippen LogP contribution in [0.5, 0.6) is 11.5 Å². The average molecular weight is 214 g/mol. The highest BCUT2D eigenvalue weighted by Crippen LogP contribution is 2.32. The summed E-state index contributed by atoms with van der Waals surface area (Å²) in [6.45, 7) is 0.206. The minimum atomic E-state index is -2.99. The second-order valence-corrected chi connectivity index (χ2v) is 5.40. The van der Waals surface area contributed by atoms with Crippen LogP contribution in [0.15, 0.2) is 18.2 Å². The van der Waals surface area contributed by atoms with E-state index in [9.17, 15) is 8.42 Å². The van der Waals surface area contributed by atoms with Crippen LogP contribution in [0.3, 0.4) is 0 Å². The Labute approximate surface area is 82.4 Å². The van der Waals surface area contributed by atoms with E-state index in [2.05, 4.69) is 0 Å². The molecule has 0 unspecified atom stereocenters. The van der Waals surface area contributed by atoms with Gasteiger partial charge in [-0.25, -0.2) is 8.42 Å². The molecule has 0 spiro atoms. The number of hydrogen-bond donors (Lipinski definition) is 0. The van der Waals surface area contributed by atoms with Crippen LogP contribution in [0, 0.1) is 0 Å². The van der Waals surface area contributed by atoms with Crippen LogP contribution in [-0.2, 0) is 15.6 Å². The number of fused-ring (bicyclic) bond motifs is 1. The third-order valence-electron chi connectivity index (χ3n) is 1.87. The van der Waals surface area contributed by atoms with Crippen molar-refractivity contribution in [3.63, 3.8) is 0 Å². The fourth-order valence-electron chi connectivity index (χ4n) is 1.33. The summed E-state index contributed by atoms with van der Waals surface area (Å²) in [6.07, 6.45) is 1.21. The third kappa shape index (κ3) is 1.98. The average Bonchev–Trinajstić information content (AvgIpc) is 2.47. The lowest BCUT2D eigenvalue weighted by Gasteiger charge is -2.00. The van der Waals surface area contributed by atoms with Gasteiger partial charge in [-0.1, -0.05) is 6.07 Å². The Kier molecular flexibility index (Phi) is 2.11. The SMILES string of the molecule is CS(=O)(=O)Cc1ccc2c(c1)OCO2. The van der Waals surface area contributed by atoms with Crippen molar-refractivity contribution in [3.05, 3.63) is 23.8 Å². The molecule has 76 valence electrons. The molecule has 0 saturated heterocycles. The van der Waals surface area contributed by atoms with Gasteiger partial charge >= 0.3 is 0 Å². The van der Waals surface area contributed by atoms with Crippen molar-refractivity contribution in [2.75, 3.05) is 13.0 Å². The van der Waals surface area contributed by atoms with Crippen molar-refractivity contribution >= 4 is 9.84 Å². The highest BCUT2D eigenvalue weighted by Gasteiger charge is 2.14. The molecule has 0 radical (unpaired) electrons. The van der Waals surface area contributed by atoms with E-state index in [0.29, 0.717) is 11.5 Å². The molecule has 0 aliphatic carbocycles. The van der Waals surface area contributed by atoms with E-state index in [1.807, 2.05) is 0 Å². The zero-order valence-electron chi connectivity index (χ0n) is 7.69. The molecule has 2 rings (SSSR count). The Balaban J connectivity index is 2.29. The number of sulfone groups is 1. The lowest BCUT2D eigenvalue weighted by Crippen LogP contribution is -2.00. The van der Waals surface area contributed by atoms with Gasteiger partial charge in [-0.3, -0.25) is 0 Å². The van der Waals surface area contributed by atoms with Gasteiger partial charge in [-0.2, -0.15) is 0 Å². The molecule has 1 aliphatic heterocycles. The molecule has 0 amide bonds. The molecular weight excluding hydrogens is 204 g/mol. The summed E-state index contributed by atoms with van der Waals surface area (Å²) in [5.41, 5.74) is 0.719. The van der Waals surface area contributed by atoms with Crippen LogP contribution in [0.25, 0.3) is 0 Å². The minimum absolute atomic E-state index is 0.0314. The summed E-state index contributed by atoms with van der Waals surface area (Å²) in [5, 5.41) is 0. The number of hydrogen-bond acceptors (Lipinski definition) is 4.